The van der Waals surface area contributed by atoms with Crippen LogP contribution in [0.4, 0.5) is 5.82 Å². The quantitative estimate of drug-likeness (QED) is 0.921. The number of nitrogens with zero attached hydrogens (tertiary/aromatic N) is 3. The predicted octanol–water partition coefficient (Wildman–Crippen LogP) is 2.34. The van der Waals surface area contributed by atoms with Gasteiger partial charge in [-0.25, -0.2) is 13.6 Å². The molecular weight excluding hydrogens is 324 g/mol. The molecule has 7 heteroatoms. The molecule has 2 heterocycles. The van der Waals surface area contributed by atoms with E-state index in [9.17, 15) is 8.42 Å². The molecule has 1 unspecified atom stereocenters. The van der Waals surface area contributed by atoms with E-state index in [1.165, 1.54) is 12.8 Å². The van der Waals surface area contributed by atoms with Crippen LogP contribution in [0.15, 0.2) is 35.2 Å². The molecule has 6 nitrogen and oxygen atoms in total. The second kappa shape index (κ2) is 6.49. The monoisotopic (exact) mass is 346 g/mol. The van der Waals surface area contributed by atoms with Gasteiger partial charge in [0.1, 0.15) is 0 Å². The Balaban J connectivity index is 1.89. The summed E-state index contributed by atoms with van der Waals surface area (Å²) in [5.41, 5.74) is 1.94. The van der Waals surface area contributed by atoms with Gasteiger partial charge in [0.2, 0.25) is 10.0 Å². The fraction of sp³-hybridized carbons (Fsp3) is 0.412. The van der Waals surface area contributed by atoms with Crippen molar-refractivity contribution in [3.8, 4) is 11.3 Å². The minimum atomic E-state index is -3.75. The van der Waals surface area contributed by atoms with Gasteiger partial charge in [-0.1, -0.05) is 19.1 Å². The van der Waals surface area contributed by atoms with E-state index < -0.39 is 10.0 Å². The molecular formula is C17H22N4O2S. The summed E-state index contributed by atoms with van der Waals surface area (Å²) in [5.74, 6) is 1.53. The van der Waals surface area contributed by atoms with Gasteiger partial charge >= 0.3 is 0 Å². The zero-order chi connectivity index (χ0) is 17.3. The van der Waals surface area contributed by atoms with Gasteiger partial charge in [0.05, 0.1) is 10.6 Å². The number of primary sulfonamides is 1. The van der Waals surface area contributed by atoms with Crippen LogP contribution in [-0.4, -0.2) is 31.7 Å². The highest BCUT2D eigenvalue weighted by molar-refractivity contribution is 7.89. The van der Waals surface area contributed by atoms with E-state index in [1.807, 2.05) is 18.2 Å². The van der Waals surface area contributed by atoms with Crippen LogP contribution in [0.1, 0.15) is 25.3 Å². The van der Waals surface area contributed by atoms with E-state index in [2.05, 4.69) is 22.0 Å². The molecule has 0 bridgehead atoms. The van der Waals surface area contributed by atoms with Crippen LogP contribution in [-0.2, 0) is 10.0 Å². The summed E-state index contributed by atoms with van der Waals surface area (Å²) in [6.07, 6.45) is 2.42. The van der Waals surface area contributed by atoms with E-state index in [1.54, 1.807) is 19.1 Å². The van der Waals surface area contributed by atoms with Gasteiger partial charge in [-0.2, -0.15) is 0 Å². The van der Waals surface area contributed by atoms with Crippen molar-refractivity contribution in [3.05, 3.63) is 35.9 Å². The number of sulfonamides is 1. The summed E-state index contributed by atoms with van der Waals surface area (Å²) in [4.78, 5) is 2.37. The highest BCUT2D eigenvalue weighted by Crippen LogP contribution is 2.25. The van der Waals surface area contributed by atoms with Crippen molar-refractivity contribution in [3.63, 3.8) is 0 Å². The number of aryl methyl sites for hydroxylation is 1. The van der Waals surface area contributed by atoms with Crippen molar-refractivity contribution in [2.75, 3.05) is 18.0 Å². The van der Waals surface area contributed by atoms with Gasteiger partial charge in [0, 0.05) is 18.7 Å². The lowest BCUT2D eigenvalue weighted by Gasteiger charge is -2.31. The number of nitrogens with two attached hydrogens (primary N) is 1. The number of piperidine rings is 1. The first kappa shape index (κ1) is 16.9. The molecule has 24 heavy (non-hydrogen) atoms. The summed E-state index contributed by atoms with van der Waals surface area (Å²) in [5, 5.41) is 13.9. The first-order chi connectivity index (χ1) is 11.3. The first-order valence-electron chi connectivity index (χ1n) is 8.07. The van der Waals surface area contributed by atoms with Crippen LogP contribution >= 0.6 is 0 Å². The summed E-state index contributed by atoms with van der Waals surface area (Å²) < 4.78 is 23.3. The predicted molar refractivity (Wildman–Crippen MR) is 94.2 cm³/mol. The Morgan fingerprint density at radius 2 is 2.00 bits per heavy atom. The van der Waals surface area contributed by atoms with Crippen LogP contribution in [0.2, 0.25) is 0 Å². The molecule has 1 aliphatic heterocycles. The average Bonchev–Trinajstić information content (AvgIpc) is 2.54. The third kappa shape index (κ3) is 3.57. The van der Waals surface area contributed by atoms with Crippen LogP contribution in [0.3, 0.4) is 0 Å². The molecule has 1 aliphatic rings. The summed E-state index contributed by atoms with van der Waals surface area (Å²) in [6.45, 7) is 5.96. The van der Waals surface area contributed by atoms with E-state index in [0.29, 0.717) is 22.7 Å². The van der Waals surface area contributed by atoms with Gasteiger partial charge in [-0.3, -0.25) is 0 Å². The summed E-state index contributed by atoms with van der Waals surface area (Å²) in [6, 6.07) is 8.93. The number of benzene rings is 1. The molecule has 1 fully saturated rings. The minimum Gasteiger partial charge on any atom is -0.355 e. The van der Waals surface area contributed by atoms with Crippen LogP contribution in [0.25, 0.3) is 11.3 Å². The lowest BCUT2D eigenvalue weighted by Crippen LogP contribution is -2.34. The van der Waals surface area contributed by atoms with E-state index in [0.717, 1.165) is 18.9 Å². The molecule has 1 aromatic carbocycles. The molecule has 1 atom stereocenters. The Hall–Kier alpha value is -1.99. The molecule has 0 radical (unpaired) electrons. The van der Waals surface area contributed by atoms with Gasteiger partial charge in [0.15, 0.2) is 5.82 Å². The van der Waals surface area contributed by atoms with E-state index >= 15 is 0 Å². The lowest BCUT2D eigenvalue weighted by molar-refractivity contribution is 0.444. The summed E-state index contributed by atoms with van der Waals surface area (Å²) >= 11 is 0. The van der Waals surface area contributed by atoms with E-state index in [4.69, 9.17) is 5.14 Å². The second-order valence-corrected chi connectivity index (χ2v) is 8.03. The Morgan fingerprint density at radius 1 is 1.21 bits per heavy atom. The SMILES string of the molecule is Cc1ccc(-c2ccc(N3CCCC(C)C3)nn2)cc1S(N)(=O)=O. The number of hydrogen-bond acceptors (Lipinski definition) is 5. The lowest BCUT2D eigenvalue weighted by atomic mass is 10.0. The maximum atomic E-state index is 11.7. The molecule has 1 saturated heterocycles. The maximum absolute atomic E-state index is 11.7. The van der Waals surface area contributed by atoms with Crippen molar-refractivity contribution in [2.24, 2.45) is 11.1 Å². The molecule has 0 aliphatic carbocycles. The zero-order valence-corrected chi connectivity index (χ0v) is 14.8. The third-order valence-corrected chi connectivity index (χ3v) is 5.47. The number of anilines is 1. The molecule has 0 saturated carbocycles. The van der Waals surface area contributed by atoms with Crippen molar-refractivity contribution in [1.82, 2.24) is 10.2 Å². The smallest absolute Gasteiger partial charge is 0.238 e. The van der Waals surface area contributed by atoms with Crippen molar-refractivity contribution >= 4 is 15.8 Å². The van der Waals surface area contributed by atoms with Crippen LogP contribution < -0.4 is 10.0 Å². The minimum absolute atomic E-state index is 0.121. The molecule has 1 aromatic heterocycles. The maximum Gasteiger partial charge on any atom is 0.238 e. The largest absolute Gasteiger partial charge is 0.355 e. The van der Waals surface area contributed by atoms with Crippen molar-refractivity contribution < 1.29 is 8.42 Å². The van der Waals surface area contributed by atoms with Crippen LogP contribution in [0, 0.1) is 12.8 Å². The Morgan fingerprint density at radius 3 is 2.62 bits per heavy atom. The number of aromatic nitrogens is 2. The van der Waals surface area contributed by atoms with Gasteiger partial charge < -0.3 is 4.90 Å². The van der Waals surface area contributed by atoms with E-state index in [-0.39, 0.29) is 4.90 Å². The Bertz CT molecular complexity index is 834. The van der Waals surface area contributed by atoms with Crippen LogP contribution in [0.5, 0.6) is 0 Å². The highest BCUT2D eigenvalue weighted by atomic mass is 32.2. The van der Waals surface area contributed by atoms with Crippen molar-refractivity contribution in [1.29, 1.82) is 0 Å². The molecule has 0 spiro atoms. The molecule has 2 aromatic rings. The zero-order valence-electron chi connectivity index (χ0n) is 13.9. The van der Waals surface area contributed by atoms with Gasteiger partial charge in [0.25, 0.3) is 0 Å². The third-order valence-electron chi connectivity index (χ3n) is 4.42. The molecule has 2 N–H and O–H groups in total. The second-order valence-electron chi connectivity index (χ2n) is 6.50. The van der Waals surface area contributed by atoms with Gasteiger partial charge in [-0.05, 0) is 49.4 Å². The number of hydrogen-bond donors (Lipinski definition) is 1. The molecule has 128 valence electrons. The molecule has 0 amide bonds. The Kier molecular flexibility index (Phi) is 4.56. The molecule has 3 rings (SSSR count). The fourth-order valence-electron chi connectivity index (χ4n) is 3.11. The topological polar surface area (TPSA) is 89.2 Å². The fourth-order valence-corrected chi connectivity index (χ4v) is 3.92. The highest BCUT2D eigenvalue weighted by Gasteiger charge is 2.18. The normalized spacial score (nSPS) is 18.6. The standard InChI is InChI=1S/C17H22N4O2S/c1-12-4-3-9-21(11-12)17-8-7-15(19-20-17)14-6-5-13(2)16(10-14)24(18,22)23/h5-8,10,12H,3-4,9,11H2,1-2H3,(H2,18,22,23). The number of rotatable bonds is 3. The van der Waals surface area contributed by atoms with Gasteiger partial charge in [-0.15, -0.1) is 10.2 Å². The average molecular weight is 346 g/mol. The summed E-state index contributed by atoms with van der Waals surface area (Å²) in [7, 11) is -3.75. The van der Waals surface area contributed by atoms with Crippen molar-refractivity contribution in [2.45, 2.75) is 31.6 Å². The Labute approximate surface area is 142 Å². The first-order valence-corrected chi connectivity index (χ1v) is 9.62.